The Morgan fingerprint density at radius 2 is 1.89 bits per heavy atom. The summed E-state index contributed by atoms with van der Waals surface area (Å²) in [5.41, 5.74) is 6.51. The molecule has 0 saturated heterocycles. The first-order valence-corrected chi connectivity index (χ1v) is 12.0. The van der Waals surface area contributed by atoms with Gasteiger partial charge in [0, 0.05) is 53.9 Å². The molecule has 1 aromatic carbocycles. The van der Waals surface area contributed by atoms with Gasteiger partial charge in [0.15, 0.2) is 6.29 Å². The Bertz CT molecular complexity index is 1310. The molecule has 0 bridgehead atoms. The lowest BCUT2D eigenvalue weighted by molar-refractivity contribution is 0.0950. The Kier molecular flexibility index (Phi) is 7.15. The molecule has 1 amide bonds. The quantitative estimate of drug-likeness (QED) is 0.494. The van der Waals surface area contributed by atoms with Gasteiger partial charge in [-0.1, -0.05) is 18.9 Å². The van der Waals surface area contributed by atoms with Crippen LogP contribution in [0.1, 0.15) is 68.9 Å². The summed E-state index contributed by atoms with van der Waals surface area (Å²) in [6.45, 7) is 5.83. The number of aryl methyl sites for hydroxylation is 2. The second-order valence-corrected chi connectivity index (χ2v) is 9.43. The molecule has 0 atom stereocenters. The first kappa shape index (κ1) is 24.4. The average Bonchev–Trinajstić information content (AvgIpc) is 3.38. The van der Waals surface area contributed by atoms with E-state index >= 15 is 0 Å². The third-order valence-corrected chi connectivity index (χ3v) is 7.04. The third-order valence-electron chi connectivity index (χ3n) is 7.04. The number of aldehydes is 1. The number of benzene rings is 1. The number of aromatic amines is 1. The van der Waals surface area contributed by atoms with Crippen LogP contribution < -0.4 is 15.8 Å². The normalized spacial score (nSPS) is 13.6. The van der Waals surface area contributed by atoms with Crippen molar-refractivity contribution in [2.45, 2.75) is 59.0 Å². The summed E-state index contributed by atoms with van der Waals surface area (Å²) in [5, 5.41) is 2.95. The highest BCUT2D eigenvalue weighted by Gasteiger charge is 2.24. The van der Waals surface area contributed by atoms with E-state index in [-0.39, 0.29) is 18.0 Å². The van der Waals surface area contributed by atoms with E-state index < -0.39 is 0 Å². The van der Waals surface area contributed by atoms with Crippen LogP contribution in [0, 0.1) is 20.8 Å². The van der Waals surface area contributed by atoms with Crippen LogP contribution in [0.5, 0.6) is 0 Å². The predicted molar refractivity (Wildman–Crippen MR) is 138 cm³/mol. The Balaban J connectivity index is 1.71. The number of hydrogen-bond acceptors (Lipinski definition) is 5. The summed E-state index contributed by atoms with van der Waals surface area (Å²) in [6.07, 6.45) is 7.06. The first-order chi connectivity index (χ1) is 16.8. The van der Waals surface area contributed by atoms with Gasteiger partial charge in [-0.2, -0.15) is 0 Å². The minimum Gasteiger partial charge on any atom is -0.371 e. The number of aromatic nitrogens is 2. The minimum atomic E-state index is -0.234. The maximum atomic E-state index is 13.4. The second-order valence-electron chi connectivity index (χ2n) is 9.43. The van der Waals surface area contributed by atoms with E-state index in [0.717, 1.165) is 46.5 Å². The van der Waals surface area contributed by atoms with Gasteiger partial charge in [-0.3, -0.25) is 19.4 Å². The fourth-order valence-corrected chi connectivity index (χ4v) is 4.97. The molecule has 0 aliphatic heterocycles. The molecule has 7 heteroatoms. The second kappa shape index (κ2) is 10.3. The molecule has 0 spiro atoms. The van der Waals surface area contributed by atoms with Crippen molar-refractivity contribution in [2.24, 2.45) is 0 Å². The van der Waals surface area contributed by atoms with Crippen molar-refractivity contribution in [3.05, 3.63) is 80.5 Å². The average molecular weight is 473 g/mol. The van der Waals surface area contributed by atoms with E-state index in [1.54, 1.807) is 12.3 Å². The van der Waals surface area contributed by atoms with E-state index in [0.29, 0.717) is 29.1 Å². The molecule has 1 fully saturated rings. The van der Waals surface area contributed by atoms with E-state index in [1.165, 1.54) is 12.8 Å². The molecular formula is C28H32N4O3. The van der Waals surface area contributed by atoms with Gasteiger partial charge in [0.2, 0.25) is 0 Å². The lowest BCUT2D eigenvalue weighted by Gasteiger charge is -2.29. The van der Waals surface area contributed by atoms with Gasteiger partial charge < -0.3 is 15.2 Å². The molecule has 1 saturated carbocycles. The monoisotopic (exact) mass is 472 g/mol. The Labute approximate surface area is 205 Å². The fraction of sp³-hybridized carbons (Fsp3) is 0.357. The van der Waals surface area contributed by atoms with Crippen LogP contribution >= 0.6 is 0 Å². The maximum Gasteiger partial charge on any atom is 0.253 e. The van der Waals surface area contributed by atoms with Crippen LogP contribution in [0.3, 0.4) is 0 Å². The van der Waals surface area contributed by atoms with Gasteiger partial charge in [0.05, 0.1) is 0 Å². The van der Waals surface area contributed by atoms with Gasteiger partial charge in [-0.25, -0.2) is 0 Å². The number of carbonyl (C=O) groups is 2. The Morgan fingerprint density at radius 1 is 1.14 bits per heavy atom. The zero-order valence-electron chi connectivity index (χ0n) is 20.8. The summed E-state index contributed by atoms with van der Waals surface area (Å²) in [4.78, 5) is 46.2. The van der Waals surface area contributed by atoms with Gasteiger partial charge in [-0.05, 0) is 74.6 Å². The summed E-state index contributed by atoms with van der Waals surface area (Å²) >= 11 is 0. The van der Waals surface area contributed by atoms with Crippen LogP contribution in [0.4, 0.5) is 5.69 Å². The third kappa shape index (κ3) is 5.19. The number of nitrogens with zero attached hydrogens (tertiary/aromatic N) is 2. The maximum absolute atomic E-state index is 13.4. The van der Waals surface area contributed by atoms with E-state index in [1.807, 2.05) is 39.0 Å². The molecule has 2 N–H and O–H groups in total. The topological polar surface area (TPSA) is 95.2 Å². The molecule has 7 nitrogen and oxygen atoms in total. The van der Waals surface area contributed by atoms with Gasteiger partial charge in [0.1, 0.15) is 5.69 Å². The molecule has 4 rings (SSSR count). The van der Waals surface area contributed by atoms with Crippen molar-refractivity contribution >= 4 is 17.9 Å². The van der Waals surface area contributed by atoms with Crippen LogP contribution in [0.25, 0.3) is 11.1 Å². The minimum absolute atomic E-state index is 0.146. The van der Waals surface area contributed by atoms with Crippen LogP contribution in [0.15, 0.2) is 41.3 Å². The number of pyridine rings is 2. The number of hydrogen-bond donors (Lipinski definition) is 2. The van der Waals surface area contributed by atoms with E-state index in [4.69, 9.17) is 0 Å². The summed E-state index contributed by atoms with van der Waals surface area (Å²) in [7, 11) is 2.09. The Hall–Kier alpha value is -3.74. The molecule has 0 unspecified atom stereocenters. The number of rotatable bonds is 7. The standard InChI is InChI=1S/C28H32N4O3/c1-17-11-18(2)31-28(35)25(17)15-30-27(34)24-12-21(20-9-10-22(16-33)29-14-20)13-26(19(24)3)32(4)23-7-5-6-8-23/h9-14,16,23H,5-8,15H2,1-4H3,(H,30,34)(H,31,35). The van der Waals surface area contributed by atoms with E-state index in [2.05, 4.69) is 33.3 Å². The Morgan fingerprint density at radius 3 is 2.51 bits per heavy atom. The molecular weight excluding hydrogens is 440 g/mol. The van der Waals surface area contributed by atoms with Crippen molar-refractivity contribution in [3.63, 3.8) is 0 Å². The van der Waals surface area contributed by atoms with Gasteiger partial charge >= 0.3 is 0 Å². The highest BCUT2D eigenvalue weighted by atomic mass is 16.2. The van der Waals surface area contributed by atoms with Crippen LogP contribution in [-0.2, 0) is 6.54 Å². The summed E-state index contributed by atoms with van der Waals surface area (Å²) in [5.74, 6) is -0.234. The fourth-order valence-electron chi connectivity index (χ4n) is 4.97. The van der Waals surface area contributed by atoms with E-state index in [9.17, 15) is 14.4 Å². The van der Waals surface area contributed by atoms with Gasteiger partial charge in [-0.15, -0.1) is 0 Å². The highest BCUT2D eigenvalue weighted by Crippen LogP contribution is 2.34. The smallest absolute Gasteiger partial charge is 0.253 e. The molecule has 182 valence electrons. The van der Waals surface area contributed by atoms with Crippen LogP contribution in [0.2, 0.25) is 0 Å². The summed E-state index contributed by atoms with van der Waals surface area (Å²) < 4.78 is 0. The van der Waals surface area contributed by atoms with Crippen molar-refractivity contribution in [1.82, 2.24) is 15.3 Å². The zero-order valence-corrected chi connectivity index (χ0v) is 20.8. The molecule has 1 aliphatic rings. The van der Waals surface area contributed by atoms with Crippen molar-refractivity contribution < 1.29 is 9.59 Å². The molecule has 0 radical (unpaired) electrons. The number of carbonyl (C=O) groups excluding carboxylic acids is 2. The molecule has 3 aromatic rings. The molecule has 35 heavy (non-hydrogen) atoms. The lowest BCUT2D eigenvalue weighted by atomic mass is 9.96. The van der Waals surface area contributed by atoms with Crippen molar-refractivity contribution in [2.75, 3.05) is 11.9 Å². The van der Waals surface area contributed by atoms with Crippen LogP contribution in [-0.4, -0.2) is 35.3 Å². The van der Waals surface area contributed by atoms with Crippen molar-refractivity contribution in [1.29, 1.82) is 0 Å². The van der Waals surface area contributed by atoms with Crippen molar-refractivity contribution in [3.8, 4) is 11.1 Å². The SMILES string of the molecule is Cc1cc(C)c(CNC(=O)c2cc(-c3ccc(C=O)nc3)cc(N(C)C3CCCC3)c2C)c(=O)[nH]1. The number of H-pyrrole nitrogens is 1. The number of nitrogens with one attached hydrogen (secondary N) is 2. The molecule has 2 aromatic heterocycles. The summed E-state index contributed by atoms with van der Waals surface area (Å²) in [6, 6.07) is 9.81. The zero-order chi connectivity index (χ0) is 25.1. The van der Waals surface area contributed by atoms with Gasteiger partial charge in [0.25, 0.3) is 11.5 Å². The molecule has 1 aliphatic carbocycles. The lowest BCUT2D eigenvalue weighted by Crippen LogP contribution is -2.31. The first-order valence-electron chi connectivity index (χ1n) is 12.0. The predicted octanol–water partition coefficient (Wildman–Crippen LogP) is 4.48. The number of anilines is 1. The number of amides is 1. The molecule has 2 heterocycles. The highest BCUT2D eigenvalue weighted by molar-refractivity contribution is 5.99. The largest absolute Gasteiger partial charge is 0.371 e.